The maximum Gasteiger partial charge on any atom is 0.241 e. The number of amides is 1. The number of piperazine rings is 1. The zero-order valence-electron chi connectivity index (χ0n) is 15.6. The van der Waals surface area contributed by atoms with Crippen LogP contribution in [0.3, 0.4) is 0 Å². The van der Waals surface area contributed by atoms with Gasteiger partial charge in [0.15, 0.2) is 0 Å². The van der Waals surface area contributed by atoms with E-state index in [2.05, 4.69) is 23.1 Å². The largest absolute Gasteiger partial charge is 0.383 e. The maximum atomic E-state index is 12.4. The zero-order chi connectivity index (χ0) is 19.2. The molecule has 0 aromatic heterocycles. The van der Waals surface area contributed by atoms with Crippen LogP contribution in [0.5, 0.6) is 0 Å². The third-order valence-electron chi connectivity index (χ3n) is 4.97. The van der Waals surface area contributed by atoms with Crippen molar-refractivity contribution in [1.82, 2.24) is 9.80 Å². The molecule has 0 radical (unpaired) electrons. The number of carbonyl (C=O) groups is 1. The Morgan fingerprint density at radius 3 is 2.33 bits per heavy atom. The van der Waals surface area contributed by atoms with Gasteiger partial charge in [-0.1, -0.05) is 60.1 Å². The van der Waals surface area contributed by atoms with E-state index in [-0.39, 0.29) is 18.6 Å². The summed E-state index contributed by atoms with van der Waals surface area (Å²) in [7, 11) is 1.55. The number of hydrogen-bond donors (Lipinski definition) is 1. The summed E-state index contributed by atoms with van der Waals surface area (Å²) in [5.74, 6) is -0.0505. The molecule has 0 saturated carbocycles. The highest BCUT2D eigenvalue weighted by molar-refractivity contribution is 6.31. The number of benzene rings is 2. The van der Waals surface area contributed by atoms with Gasteiger partial charge in [-0.2, -0.15) is 0 Å². The van der Waals surface area contributed by atoms with Crippen molar-refractivity contribution in [2.45, 2.75) is 12.1 Å². The number of methoxy groups -OCH3 is 1. The van der Waals surface area contributed by atoms with Gasteiger partial charge in [-0.3, -0.25) is 9.69 Å². The Balaban J connectivity index is 1.78. The standard InChI is InChI=1S/C21H26ClN3O2/c1-27-15-19(23)21(26)25-13-11-24(12-14-25)20(16-7-3-2-4-8-16)17-9-5-6-10-18(17)22/h2-10,19-20H,11-15,23H2,1H3. The van der Waals surface area contributed by atoms with Crippen LogP contribution in [0.25, 0.3) is 0 Å². The van der Waals surface area contributed by atoms with E-state index >= 15 is 0 Å². The van der Waals surface area contributed by atoms with Crippen molar-refractivity contribution in [2.24, 2.45) is 5.73 Å². The van der Waals surface area contributed by atoms with E-state index in [0.717, 1.165) is 23.7 Å². The summed E-state index contributed by atoms with van der Waals surface area (Å²) < 4.78 is 5.01. The molecule has 1 fully saturated rings. The van der Waals surface area contributed by atoms with E-state index in [0.29, 0.717) is 13.1 Å². The van der Waals surface area contributed by atoms with Crippen LogP contribution in [0, 0.1) is 0 Å². The van der Waals surface area contributed by atoms with Crippen molar-refractivity contribution in [3.63, 3.8) is 0 Å². The van der Waals surface area contributed by atoms with Gasteiger partial charge >= 0.3 is 0 Å². The molecular formula is C21H26ClN3O2. The topological polar surface area (TPSA) is 58.8 Å². The first-order valence-corrected chi connectivity index (χ1v) is 9.56. The van der Waals surface area contributed by atoms with Gasteiger partial charge in [0, 0.05) is 38.3 Å². The van der Waals surface area contributed by atoms with Gasteiger partial charge in [-0.15, -0.1) is 0 Å². The average molecular weight is 388 g/mol. The molecule has 2 N–H and O–H groups in total. The molecule has 2 unspecified atom stereocenters. The first kappa shape index (κ1) is 19.8. The third-order valence-corrected chi connectivity index (χ3v) is 5.31. The molecule has 6 heteroatoms. The Bertz CT molecular complexity index is 748. The molecule has 2 aromatic rings. The predicted molar refractivity (Wildman–Crippen MR) is 108 cm³/mol. The Labute approximate surface area is 165 Å². The van der Waals surface area contributed by atoms with Gasteiger partial charge in [-0.25, -0.2) is 0 Å². The Morgan fingerprint density at radius 1 is 1.07 bits per heavy atom. The van der Waals surface area contributed by atoms with Crippen molar-refractivity contribution in [1.29, 1.82) is 0 Å². The highest BCUT2D eigenvalue weighted by Crippen LogP contribution is 2.33. The second-order valence-electron chi connectivity index (χ2n) is 6.76. The van der Waals surface area contributed by atoms with Crippen molar-refractivity contribution < 1.29 is 9.53 Å². The van der Waals surface area contributed by atoms with Gasteiger partial charge in [0.05, 0.1) is 12.6 Å². The predicted octanol–water partition coefficient (Wildman–Crippen LogP) is 2.55. The molecule has 0 spiro atoms. The fourth-order valence-corrected chi connectivity index (χ4v) is 3.84. The number of hydrogen-bond acceptors (Lipinski definition) is 4. The molecule has 1 aliphatic rings. The Kier molecular flexibility index (Phi) is 6.85. The number of nitrogens with zero attached hydrogens (tertiary/aromatic N) is 2. The second kappa shape index (κ2) is 9.33. The summed E-state index contributed by atoms with van der Waals surface area (Å²) in [5.41, 5.74) is 8.19. The number of halogens is 1. The number of rotatable bonds is 6. The molecule has 27 heavy (non-hydrogen) atoms. The van der Waals surface area contributed by atoms with Crippen molar-refractivity contribution in [3.8, 4) is 0 Å². The summed E-state index contributed by atoms with van der Waals surface area (Å²) >= 11 is 6.52. The van der Waals surface area contributed by atoms with Crippen LogP contribution in [0.1, 0.15) is 17.2 Å². The highest BCUT2D eigenvalue weighted by atomic mass is 35.5. The van der Waals surface area contributed by atoms with E-state index in [9.17, 15) is 4.79 Å². The van der Waals surface area contributed by atoms with Crippen molar-refractivity contribution in [3.05, 3.63) is 70.7 Å². The minimum Gasteiger partial charge on any atom is -0.383 e. The van der Waals surface area contributed by atoms with Crippen LogP contribution in [0.2, 0.25) is 5.02 Å². The van der Waals surface area contributed by atoms with Crippen LogP contribution < -0.4 is 5.73 Å². The van der Waals surface area contributed by atoms with Crippen molar-refractivity contribution >= 4 is 17.5 Å². The van der Waals surface area contributed by atoms with E-state index in [1.165, 1.54) is 5.56 Å². The van der Waals surface area contributed by atoms with Crippen LogP contribution in [-0.2, 0) is 9.53 Å². The monoisotopic (exact) mass is 387 g/mol. The van der Waals surface area contributed by atoms with Gasteiger partial charge in [0.2, 0.25) is 5.91 Å². The number of carbonyl (C=O) groups excluding carboxylic acids is 1. The Hall–Kier alpha value is -1.92. The first-order chi connectivity index (χ1) is 13.1. The molecule has 1 saturated heterocycles. The Morgan fingerprint density at radius 2 is 1.70 bits per heavy atom. The van der Waals surface area contributed by atoms with E-state index in [1.54, 1.807) is 7.11 Å². The summed E-state index contributed by atoms with van der Waals surface area (Å²) in [6.07, 6.45) is 0. The van der Waals surface area contributed by atoms with Crippen LogP contribution in [0.15, 0.2) is 54.6 Å². The second-order valence-corrected chi connectivity index (χ2v) is 7.17. The minimum atomic E-state index is -0.602. The van der Waals surface area contributed by atoms with E-state index in [4.69, 9.17) is 22.1 Å². The molecule has 2 atom stereocenters. The number of ether oxygens (including phenoxy) is 1. The lowest BCUT2D eigenvalue weighted by Gasteiger charge is -2.40. The molecule has 1 heterocycles. The summed E-state index contributed by atoms with van der Waals surface area (Å²) in [6.45, 7) is 3.05. The van der Waals surface area contributed by atoms with Gasteiger partial charge in [0.25, 0.3) is 0 Å². The van der Waals surface area contributed by atoms with Crippen molar-refractivity contribution in [2.75, 3.05) is 39.9 Å². The molecule has 3 rings (SSSR count). The zero-order valence-corrected chi connectivity index (χ0v) is 16.3. The first-order valence-electron chi connectivity index (χ1n) is 9.18. The number of nitrogens with two attached hydrogens (primary N) is 1. The molecule has 1 amide bonds. The summed E-state index contributed by atoms with van der Waals surface area (Å²) in [6, 6.07) is 17.8. The summed E-state index contributed by atoms with van der Waals surface area (Å²) in [5, 5.41) is 0.756. The SMILES string of the molecule is COCC(N)C(=O)N1CCN(C(c2ccccc2)c2ccccc2Cl)CC1. The van der Waals surface area contributed by atoms with Crippen LogP contribution in [-0.4, -0.2) is 61.6 Å². The molecule has 0 bridgehead atoms. The van der Waals surface area contributed by atoms with E-state index in [1.807, 2.05) is 41.3 Å². The third kappa shape index (κ3) is 4.68. The van der Waals surface area contributed by atoms with Gasteiger partial charge in [-0.05, 0) is 17.2 Å². The molecule has 1 aliphatic heterocycles. The van der Waals surface area contributed by atoms with Gasteiger partial charge in [0.1, 0.15) is 6.04 Å². The maximum absolute atomic E-state index is 12.4. The molecule has 144 valence electrons. The van der Waals surface area contributed by atoms with Gasteiger partial charge < -0.3 is 15.4 Å². The van der Waals surface area contributed by atoms with E-state index < -0.39 is 6.04 Å². The average Bonchev–Trinajstić information content (AvgIpc) is 2.71. The molecule has 2 aromatic carbocycles. The lowest BCUT2D eigenvalue weighted by atomic mass is 9.96. The fraction of sp³-hybridized carbons (Fsp3) is 0.381. The lowest BCUT2D eigenvalue weighted by molar-refractivity contribution is -0.135. The highest BCUT2D eigenvalue weighted by Gasteiger charge is 2.30. The molecular weight excluding hydrogens is 362 g/mol. The quantitative estimate of drug-likeness (QED) is 0.827. The fourth-order valence-electron chi connectivity index (χ4n) is 3.61. The minimum absolute atomic E-state index is 0.0505. The summed E-state index contributed by atoms with van der Waals surface area (Å²) in [4.78, 5) is 16.6. The lowest BCUT2D eigenvalue weighted by Crippen LogP contribution is -2.54. The molecule has 0 aliphatic carbocycles. The normalized spacial score (nSPS) is 17.5. The van der Waals surface area contributed by atoms with Crippen LogP contribution in [0.4, 0.5) is 0 Å². The van der Waals surface area contributed by atoms with Crippen LogP contribution >= 0.6 is 11.6 Å². The molecule has 5 nitrogen and oxygen atoms in total. The smallest absolute Gasteiger partial charge is 0.241 e.